The molecule has 2 aromatic heterocycles. The normalized spacial score (nSPS) is 10.5. The van der Waals surface area contributed by atoms with Gasteiger partial charge in [-0.1, -0.05) is 6.92 Å². The van der Waals surface area contributed by atoms with Gasteiger partial charge in [-0.05, 0) is 19.4 Å². The van der Waals surface area contributed by atoms with Crippen molar-refractivity contribution in [2.45, 2.75) is 20.3 Å². The summed E-state index contributed by atoms with van der Waals surface area (Å²) >= 11 is 0. The standard InChI is InChI=1S/C12H18N6O/c1-4-7-13-11-15-10(9-6-8-14-18(9)3)16-12(17-11)19-5-2/h6,8H,4-5,7H2,1-3H3,(H,13,15,16,17). The maximum absolute atomic E-state index is 5.37. The van der Waals surface area contributed by atoms with Crippen molar-refractivity contribution in [1.82, 2.24) is 24.7 Å². The van der Waals surface area contributed by atoms with Crippen LogP contribution in [0.3, 0.4) is 0 Å². The summed E-state index contributed by atoms with van der Waals surface area (Å²) in [7, 11) is 1.85. The highest BCUT2D eigenvalue weighted by atomic mass is 16.5. The summed E-state index contributed by atoms with van der Waals surface area (Å²) in [5.74, 6) is 1.08. The summed E-state index contributed by atoms with van der Waals surface area (Å²) < 4.78 is 7.09. The van der Waals surface area contributed by atoms with Crippen molar-refractivity contribution in [3.63, 3.8) is 0 Å². The van der Waals surface area contributed by atoms with E-state index >= 15 is 0 Å². The topological polar surface area (TPSA) is 77.8 Å². The molecule has 0 radical (unpaired) electrons. The summed E-state index contributed by atoms with van der Waals surface area (Å²) in [6, 6.07) is 2.18. The van der Waals surface area contributed by atoms with E-state index in [4.69, 9.17) is 4.74 Å². The van der Waals surface area contributed by atoms with Crippen LogP contribution in [0.15, 0.2) is 12.3 Å². The van der Waals surface area contributed by atoms with Gasteiger partial charge in [0.1, 0.15) is 5.69 Å². The molecule has 19 heavy (non-hydrogen) atoms. The molecule has 0 aliphatic heterocycles. The fourth-order valence-electron chi connectivity index (χ4n) is 1.57. The molecule has 2 heterocycles. The van der Waals surface area contributed by atoms with E-state index in [0.717, 1.165) is 18.7 Å². The molecule has 0 fully saturated rings. The zero-order valence-electron chi connectivity index (χ0n) is 11.4. The predicted octanol–water partition coefficient (Wildman–Crippen LogP) is 1.49. The number of aromatic nitrogens is 5. The summed E-state index contributed by atoms with van der Waals surface area (Å²) in [6.45, 7) is 5.30. The van der Waals surface area contributed by atoms with Crippen LogP contribution in [-0.2, 0) is 7.05 Å². The molecule has 0 amide bonds. The van der Waals surface area contributed by atoms with Crippen molar-refractivity contribution in [2.24, 2.45) is 7.05 Å². The van der Waals surface area contributed by atoms with Crippen LogP contribution in [0.1, 0.15) is 20.3 Å². The maximum Gasteiger partial charge on any atom is 0.321 e. The highest BCUT2D eigenvalue weighted by molar-refractivity contribution is 5.51. The first-order chi connectivity index (χ1) is 9.24. The first kappa shape index (κ1) is 13.3. The zero-order chi connectivity index (χ0) is 13.7. The highest BCUT2D eigenvalue weighted by Crippen LogP contribution is 2.17. The fourth-order valence-corrected chi connectivity index (χ4v) is 1.57. The molecule has 0 unspecified atom stereocenters. The van der Waals surface area contributed by atoms with E-state index in [1.807, 2.05) is 20.0 Å². The van der Waals surface area contributed by atoms with Crippen LogP contribution in [0.4, 0.5) is 5.95 Å². The van der Waals surface area contributed by atoms with E-state index in [9.17, 15) is 0 Å². The van der Waals surface area contributed by atoms with Crippen molar-refractivity contribution in [1.29, 1.82) is 0 Å². The second-order valence-corrected chi connectivity index (χ2v) is 3.97. The van der Waals surface area contributed by atoms with Crippen LogP contribution in [-0.4, -0.2) is 37.9 Å². The van der Waals surface area contributed by atoms with Crippen molar-refractivity contribution < 1.29 is 4.74 Å². The van der Waals surface area contributed by atoms with Crippen molar-refractivity contribution in [2.75, 3.05) is 18.5 Å². The van der Waals surface area contributed by atoms with Gasteiger partial charge in [-0.25, -0.2) is 0 Å². The Balaban J connectivity index is 2.36. The smallest absolute Gasteiger partial charge is 0.321 e. The van der Waals surface area contributed by atoms with Crippen molar-refractivity contribution in [3.8, 4) is 17.5 Å². The van der Waals surface area contributed by atoms with E-state index in [0.29, 0.717) is 24.4 Å². The minimum Gasteiger partial charge on any atom is -0.464 e. The molecule has 0 saturated carbocycles. The number of aryl methyl sites for hydroxylation is 1. The lowest BCUT2D eigenvalue weighted by Gasteiger charge is -2.08. The average Bonchev–Trinajstić information content (AvgIpc) is 2.83. The third-order valence-corrected chi connectivity index (χ3v) is 2.47. The van der Waals surface area contributed by atoms with Gasteiger partial charge in [0.2, 0.25) is 5.95 Å². The van der Waals surface area contributed by atoms with E-state index in [1.165, 1.54) is 0 Å². The summed E-state index contributed by atoms with van der Waals surface area (Å²) in [5.41, 5.74) is 0.822. The first-order valence-corrected chi connectivity index (χ1v) is 6.35. The van der Waals surface area contributed by atoms with Crippen molar-refractivity contribution >= 4 is 5.95 Å². The number of nitrogens with one attached hydrogen (secondary N) is 1. The Kier molecular flexibility index (Phi) is 4.27. The quantitative estimate of drug-likeness (QED) is 0.850. The Morgan fingerprint density at radius 3 is 2.74 bits per heavy atom. The van der Waals surface area contributed by atoms with Crippen LogP contribution in [0.5, 0.6) is 6.01 Å². The van der Waals surface area contributed by atoms with E-state index in [1.54, 1.807) is 10.9 Å². The van der Waals surface area contributed by atoms with Crippen LogP contribution in [0.2, 0.25) is 0 Å². The van der Waals surface area contributed by atoms with Crippen molar-refractivity contribution in [3.05, 3.63) is 12.3 Å². The number of ether oxygens (including phenoxy) is 1. The van der Waals surface area contributed by atoms with Crippen LogP contribution in [0, 0.1) is 0 Å². The number of anilines is 1. The van der Waals surface area contributed by atoms with Gasteiger partial charge < -0.3 is 10.1 Å². The molecule has 0 atom stereocenters. The third-order valence-electron chi connectivity index (χ3n) is 2.47. The molecule has 0 bridgehead atoms. The van der Waals surface area contributed by atoms with Gasteiger partial charge in [0.15, 0.2) is 5.82 Å². The Labute approximate surface area is 112 Å². The Morgan fingerprint density at radius 1 is 1.26 bits per heavy atom. The third kappa shape index (κ3) is 3.18. The average molecular weight is 262 g/mol. The molecule has 1 N–H and O–H groups in total. The van der Waals surface area contributed by atoms with Crippen LogP contribution >= 0.6 is 0 Å². The zero-order valence-corrected chi connectivity index (χ0v) is 11.4. The van der Waals surface area contributed by atoms with E-state index in [-0.39, 0.29) is 0 Å². The van der Waals surface area contributed by atoms with Crippen LogP contribution < -0.4 is 10.1 Å². The molecular formula is C12H18N6O. The SMILES string of the molecule is CCCNc1nc(OCC)nc(-c2ccnn2C)n1. The minimum atomic E-state index is 0.326. The molecule has 7 nitrogen and oxygen atoms in total. The minimum absolute atomic E-state index is 0.326. The predicted molar refractivity (Wildman–Crippen MR) is 72.0 cm³/mol. The molecule has 2 rings (SSSR count). The Bertz CT molecular complexity index is 539. The molecule has 0 aliphatic carbocycles. The first-order valence-electron chi connectivity index (χ1n) is 6.35. The maximum atomic E-state index is 5.37. The summed E-state index contributed by atoms with van der Waals surface area (Å²) in [5, 5.41) is 7.26. The van der Waals surface area contributed by atoms with Gasteiger partial charge in [0.05, 0.1) is 6.61 Å². The summed E-state index contributed by atoms with van der Waals surface area (Å²) in [6.07, 6.45) is 2.70. The Morgan fingerprint density at radius 2 is 2.11 bits per heavy atom. The number of rotatable bonds is 6. The second-order valence-electron chi connectivity index (χ2n) is 3.97. The van der Waals surface area contributed by atoms with Gasteiger partial charge in [-0.2, -0.15) is 20.1 Å². The number of nitrogens with zero attached hydrogens (tertiary/aromatic N) is 5. The van der Waals surface area contributed by atoms with E-state index in [2.05, 4.69) is 32.3 Å². The lowest BCUT2D eigenvalue weighted by Crippen LogP contribution is -2.09. The fraction of sp³-hybridized carbons (Fsp3) is 0.500. The lowest BCUT2D eigenvalue weighted by molar-refractivity contribution is 0.312. The summed E-state index contributed by atoms with van der Waals surface area (Å²) in [4.78, 5) is 12.9. The highest BCUT2D eigenvalue weighted by Gasteiger charge is 2.11. The second kappa shape index (κ2) is 6.12. The number of hydrogen-bond donors (Lipinski definition) is 1. The van der Waals surface area contributed by atoms with Crippen LogP contribution in [0.25, 0.3) is 11.5 Å². The lowest BCUT2D eigenvalue weighted by atomic mass is 10.4. The molecular weight excluding hydrogens is 244 g/mol. The largest absolute Gasteiger partial charge is 0.464 e. The van der Waals surface area contributed by atoms with Gasteiger partial charge >= 0.3 is 6.01 Å². The molecule has 0 aromatic carbocycles. The monoisotopic (exact) mass is 262 g/mol. The molecule has 0 aliphatic rings. The molecule has 0 spiro atoms. The van der Waals surface area contributed by atoms with Gasteiger partial charge in [-0.3, -0.25) is 4.68 Å². The van der Waals surface area contributed by atoms with Gasteiger partial charge in [-0.15, -0.1) is 0 Å². The molecule has 7 heteroatoms. The Hall–Kier alpha value is -2.18. The van der Waals surface area contributed by atoms with Gasteiger partial charge in [0, 0.05) is 19.8 Å². The number of hydrogen-bond acceptors (Lipinski definition) is 6. The molecule has 0 saturated heterocycles. The molecule has 102 valence electrons. The van der Waals surface area contributed by atoms with Gasteiger partial charge in [0.25, 0.3) is 0 Å². The molecule has 2 aromatic rings. The van der Waals surface area contributed by atoms with E-state index < -0.39 is 0 Å².